The van der Waals surface area contributed by atoms with E-state index in [1.807, 2.05) is 34.9 Å². The second-order valence-electron chi connectivity index (χ2n) is 6.65. The lowest BCUT2D eigenvalue weighted by atomic mass is 10.2. The van der Waals surface area contributed by atoms with E-state index < -0.39 is 5.91 Å². The van der Waals surface area contributed by atoms with Crippen LogP contribution in [0.25, 0.3) is 10.9 Å². The van der Waals surface area contributed by atoms with Gasteiger partial charge in [-0.15, -0.1) is 10.2 Å². The van der Waals surface area contributed by atoms with Gasteiger partial charge < -0.3 is 14.4 Å². The number of rotatable bonds is 8. The van der Waals surface area contributed by atoms with Gasteiger partial charge in [-0.2, -0.15) is 0 Å². The standard InChI is InChI=1S/C21H20Br3N3O3/c1-2-3-4-9-27-17-7-5-13(22)10-15(17)20(21(27)29)26-25-19(28)12-30-18-8-6-14(23)11-16(18)24/h5-8,10-11,29H,2-4,9,12H2,1H3. The molecule has 6 nitrogen and oxygen atoms in total. The van der Waals surface area contributed by atoms with Gasteiger partial charge in [0, 0.05) is 20.9 Å². The predicted octanol–water partition coefficient (Wildman–Crippen LogP) is 7.51. The Kier molecular flexibility index (Phi) is 8.07. The van der Waals surface area contributed by atoms with E-state index in [1.54, 1.807) is 6.07 Å². The van der Waals surface area contributed by atoms with Crippen molar-refractivity contribution in [2.75, 3.05) is 6.61 Å². The summed E-state index contributed by atoms with van der Waals surface area (Å²) in [5, 5.41) is 19.3. The molecule has 1 N–H and O–H groups in total. The van der Waals surface area contributed by atoms with Crippen molar-refractivity contribution < 1.29 is 14.6 Å². The van der Waals surface area contributed by atoms with E-state index in [0.29, 0.717) is 12.3 Å². The summed E-state index contributed by atoms with van der Waals surface area (Å²) in [7, 11) is 0. The highest BCUT2D eigenvalue weighted by Gasteiger charge is 2.17. The number of carbonyl (C=O) groups is 1. The van der Waals surface area contributed by atoms with Gasteiger partial charge in [0.1, 0.15) is 5.75 Å². The summed E-state index contributed by atoms with van der Waals surface area (Å²) in [5.41, 5.74) is 1.13. The number of azo groups is 1. The Morgan fingerprint density at radius 1 is 1.10 bits per heavy atom. The fourth-order valence-corrected chi connectivity index (χ4v) is 4.53. The van der Waals surface area contributed by atoms with Gasteiger partial charge in [0.25, 0.3) is 0 Å². The van der Waals surface area contributed by atoms with Gasteiger partial charge in [-0.25, -0.2) is 0 Å². The molecule has 0 fully saturated rings. The minimum atomic E-state index is -0.550. The zero-order valence-corrected chi connectivity index (χ0v) is 21.0. The minimum Gasteiger partial charge on any atom is -0.493 e. The van der Waals surface area contributed by atoms with E-state index in [0.717, 1.165) is 43.6 Å². The molecule has 0 radical (unpaired) electrons. The minimum absolute atomic E-state index is 0.00678. The molecule has 30 heavy (non-hydrogen) atoms. The summed E-state index contributed by atoms with van der Waals surface area (Å²) in [6.45, 7) is 2.54. The molecule has 9 heteroatoms. The SMILES string of the molecule is CCCCCn1c(O)c(N=NC(=O)COc2ccc(Br)cc2Br)c2cc(Br)ccc21. The molecular weight excluding hydrogens is 582 g/mol. The maximum atomic E-state index is 12.2. The van der Waals surface area contributed by atoms with Gasteiger partial charge in [0.2, 0.25) is 5.88 Å². The fourth-order valence-electron chi connectivity index (χ4n) is 3.01. The maximum absolute atomic E-state index is 12.2. The first-order chi connectivity index (χ1) is 14.4. The van der Waals surface area contributed by atoms with Crippen molar-refractivity contribution in [2.45, 2.75) is 32.7 Å². The molecule has 1 amide bonds. The van der Waals surface area contributed by atoms with Gasteiger partial charge >= 0.3 is 5.91 Å². The Bertz CT molecular complexity index is 1100. The van der Waals surface area contributed by atoms with Crippen molar-refractivity contribution in [1.82, 2.24) is 4.57 Å². The molecule has 0 saturated heterocycles. The average molecular weight is 602 g/mol. The zero-order chi connectivity index (χ0) is 21.7. The Morgan fingerprint density at radius 2 is 1.83 bits per heavy atom. The third kappa shape index (κ3) is 5.50. The quantitative estimate of drug-likeness (QED) is 0.214. The van der Waals surface area contributed by atoms with Crippen LogP contribution in [0.1, 0.15) is 26.2 Å². The molecule has 158 valence electrons. The van der Waals surface area contributed by atoms with Crippen molar-refractivity contribution in [2.24, 2.45) is 10.2 Å². The number of aromatic nitrogens is 1. The number of benzene rings is 2. The molecule has 0 saturated carbocycles. The van der Waals surface area contributed by atoms with E-state index in [-0.39, 0.29) is 18.2 Å². The van der Waals surface area contributed by atoms with E-state index in [2.05, 4.69) is 64.9 Å². The van der Waals surface area contributed by atoms with Gasteiger partial charge in [-0.3, -0.25) is 4.79 Å². The van der Waals surface area contributed by atoms with Crippen molar-refractivity contribution in [3.8, 4) is 11.6 Å². The Labute approximate surface area is 199 Å². The second kappa shape index (κ2) is 10.5. The summed E-state index contributed by atoms with van der Waals surface area (Å²) >= 11 is 10.2. The van der Waals surface area contributed by atoms with Crippen LogP contribution in [0.5, 0.6) is 11.6 Å². The number of nitrogens with zero attached hydrogens (tertiary/aromatic N) is 3. The summed E-state index contributed by atoms with van der Waals surface area (Å²) < 4.78 is 9.78. The van der Waals surface area contributed by atoms with Gasteiger partial charge in [-0.05, 0) is 58.7 Å². The number of hydrogen-bond donors (Lipinski definition) is 1. The van der Waals surface area contributed by atoms with Gasteiger partial charge in [0.05, 0.1) is 9.99 Å². The number of ether oxygens (including phenoxy) is 1. The lowest BCUT2D eigenvalue weighted by molar-refractivity contribution is -0.120. The molecule has 1 aromatic heterocycles. The summed E-state index contributed by atoms with van der Waals surface area (Å²) in [5.74, 6) is -0.0144. The number of aromatic hydroxyl groups is 1. The Balaban J connectivity index is 1.79. The average Bonchev–Trinajstić information content (AvgIpc) is 2.96. The first-order valence-electron chi connectivity index (χ1n) is 9.43. The first-order valence-corrected chi connectivity index (χ1v) is 11.8. The number of amides is 1. The highest BCUT2D eigenvalue weighted by molar-refractivity contribution is 9.11. The second-order valence-corrected chi connectivity index (χ2v) is 9.34. The van der Waals surface area contributed by atoms with E-state index in [4.69, 9.17) is 4.74 Å². The van der Waals surface area contributed by atoms with Crippen molar-refractivity contribution in [3.05, 3.63) is 49.8 Å². The Hall–Kier alpha value is -1.71. The van der Waals surface area contributed by atoms with Gasteiger partial charge in [0.15, 0.2) is 12.3 Å². The summed E-state index contributed by atoms with van der Waals surface area (Å²) in [6.07, 6.45) is 3.09. The molecule has 0 aliphatic carbocycles. The molecule has 0 aliphatic heterocycles. The van der Waals surface area contributed by atoms with Crippen molar-refractivity contribution >= 4 is 70.3 Å². The van der Waals surface area contributed by atoms with Crippen molar-refractivity contribution in [1.29, 1.82) is 0 Å². The summed E-state index contributed by atoms with van der Waals surface area (Å²) in [6, 6.07) is 11.1. The molecule has 0 aliphatic rings. The van der Waals surface area contributed by atoms with Crippen LogP contribution in [-0.4, -0.2) is 22.2 Å². The molecular formula is C21H20Br3N3O3. The van der Waals surface area contributed by atoms with Crippen LogP contribution in [0, 0.1) is 0 Å². The molecule has 0 atom stereocenters. The van der Waals surface area contributed by atoms with Gasteiger partial charge in [-0.1, -0.05) is 51.6 Å². The molecule has 0 bridgehead atoms. The molecule has 3 rings (SSSR count). The largest absolute Gasteiger partial charge is 0.493 e. The lowest BCUT2D eigenvalue weighted by Crippen LogP contribution is -2.08. The van der Waals surface area contributed by atoms with E-state index in [9.17, 15) is 9.90 Å². The number of hydrogen-bond acceptors (Lipinski definition) is 4. The van der Waals surface area contributed by atoms with Crippen LogP contribution < -0.4 is 4.74 Å². The van der Waals surface area contributed by atoms with E-state index in [1.165, 1.54) is 0 Å². The highest BCUT2D eigenvalue weighted by atomic mass is 79.9. The van der Waals surface area contributed by atoms with Crippen LogP contribution in [0.2, 0.25) is 0 Å². The normalized spacial score (nSPS) is 11.5. The molecule has 1 heterocycles. The van der Waals surface area contributed by atoms with Crippen molar-refractivity contribution in [3.63, 3.8) is 0 Å². The number of fused-ring (bicyclic) bond motifs is 1. The number of unbranched alkanes of at least 4 members (excludes halogenated alkanes) is 2. The number of carbonyl (C=O) groups excluding carboxylic acids is 1. The van der Waals surface area contributed by atoms with E-state index >= 15 is 0 Å². The van der Waals surface area contributed by atoms with Crippen LogP contribution in [0.3, 0.4) is 0 Å². The summed E-state index contributed by atoms with van der Waals surface area (Å²) in [4.78, 5) is 12.2. The highest BCUT2D eigenvalue weighted by Crippen LogP contribution is 2.40. The monoisotopic (exact) mass is 599 g/mol. The van der Waals surface area contributed by atoms with Crippen LogP contribution in [-0.2, 0) is 11.3 Å². The maximum Gasteiger partial charge on any atom is 0.302 e. The number of halogens is 3. The zero-order valence-electron chi connectivity index (χ0n) is 16.2. The molecule has 0 spiro atoms. The number of aryl methyl sites for hydroxylation is 1. The molecule has 0 unspecified atom stereocenters. The van der Waals surface area contributed by atoms with Crippen LogP contribution >= 0.6 is 47.8 Å². The Morgan fingerprint density at radius 3 is 2.57 bits per heavy atom. The smallest absolute Gasteiger partial charge is 0.302 e. The third-order valence-electron chi connectivity index (χ3n) is 4.46. The lowest BCUT2D eigenvalue weighted by Gasteiger charge is -2.06. The van der Waals surface area contributed by atoms with Crippen LogP contribution in [0.15, 0.2) is 60.0 Å². The topological polar surface area (TPSA) is 76.2 Å². The predicted molar refractivity (Wildman–Crippen MR) is 128 cm³/mol. The molecule has 2 aromatic carbocycles. The first kappa shape index (κ1) is 23.0. The third-order valence-corrected chi connectivity index (χ3v) is 6.07. The molecule has 3 aromatic rings. The fraction of sp³-hybridized carbons (Fsp3) is 0.286. The van der Waals surface area contributed by atoms with Crippen LogP contribution in [0.4, 0.5) is 5.69 Å².